The largest absolute Gasteiger partial charge is 0.480 e. The number of carboxylic acid groups (broad SMARTS) is 1. The average molecular weight is 485 g/mol. The molecule has 0 fully saturated rings. The molecule has 0 bridgehead atoms. The number of benzene rings is 2. The van der Waals surface area contributed by atoms with Crippen molar-refractivity contribution in [1.29, 1.82) is 0 Å². The van der Waals surface area contributed by atoms with Crippen LogP contribution in [0.3, 0.4) is 0 Å². The first-order valence-corrected chi connectivity index (χ1v) is 12.9. The van der Waals surface area contributed by atoms with Gasteiger partial charge in [0, 0.05) is 5.92 Å². The fourth-order valence-electron chi connectivity index (χ4n) is 4.22. The molecular formula is C26H32N2O5S. The fraction of sp³-hybridized carbons (Fsp3) is 0.423. The summed E-state index contributed by atoms with van der Waals surface area (Å²) in [6.45, 7) is 3.89. The van der Waals surface area contributed by atoms with Crippen LogP contribution in [0, 0.1) is 5.92 Å². The van der Waals surface area contributed by atoms with Gasteiger partial charge in [-0.25, -0.2) is 9.59 Å². The molecule has 0 aliphatic heterocycles. The van der Waals surface area contributed by atoms with E-state index in [0.717, 1.165) is 22.3 Å². The molecule has 34 heavy (non-hydrogen) atoms. The first-order valence-electron chi connectivity index (χ1n) is 11.5. The number of fused-ring (bicyclic) bond motifs is 3. The lowest BCUT2D eigenvalue weighted by Gasteiger charge is -2.25. The van der Waals surface area contributed by atoms with Crippen molar-refractivity contribution < 1.29 is 24.2 Å². The molecule has 3 rings (SSSR count). The van der Waals surface area contributed by atoms with Gasteiger partial charge < -0.3 is 20.5 Å². The Balaban J connectivity index is 1.66. The van der Waals surface area contributed by atoms with Crippen LogP contribution in [0.15, 0.2) is 48.5 Å². The van der Waals surface area contributed by atoms with E-state index in [1.54, 1.807) is 0 Å². The molecule has 2 aromatic carbocycles. The summed E-state index contributed by atoms with van der Waals surface area (Å²) in [6.07, 6.45) is 2.12. The lowest BCUT2D eigenvalue weighted by Crippen LogP contribution is -2.54. The molecule has 1 aliphatic rings. The number of alkyl carbamates (subject to hydrolysis) is 1. The number of aliphatic carboxylic acids is 1. The molecule has 3 atom stereocenters. The Labute approximate surface area is 204 Å². The standard InChI is InChI=1S/C26H32N2O5S/c1-4-16(2)23(24(29)27-22(25(30)31)13-14-34-3)28-26(32)33-15-21-19-11-7-5-9-17(19)18-10-6-8-12-20(18)21/h5-12,16,21-23H,4,13-15H2,1-3H3,(H,27,29)(H,28,32)(H,30,31)/t16?,22-,23+/m1/s1. The lowest BCUT2D eigenvalue weighted by molar-refractivity contribution is -0.142. The van der Waals surface area contributed by atoms with Crippen LogP contribution in [0.1, 0.15) is 43.7 Å². The van der Waals surface area contributed by atoms with E-state index in [1.807, 2.05) is 56.5 Å². The maximum atomic E-state index is 12.9. The Morgan fingerprint density at radius 1 is 1.03 bits per heavy atom. The fourth-order valence-corrected chi connectivity index (χ4v) is 4.69. The zero-order valence-electron chi connectivity index (χ0n) is 19.7. The van der Waals surface area contributed by atoms with Crippen molar-refractivity contribution in [1.82, 2.24) is 10.6 Å². The molecule has 8 heteroatoms. The number of hydrogen-bond donors (Lipinski definition) is 3. The Morgan fingerprint density at radius 2 is 1.62 bits per heavy atom. The molecular weight excluding hydrogens is 452 g/mol. The molecule has 0 saturated heterocycles. The highest BCUT2D eigenvalue weighted by Gasteiger charge is 2.32. The van der Waals surface area contributed by atoms with Crippen LogP contribution in [0.4, 0.5) is 4.79 Å². The van der Waals surface area contributed by atoms with E-state index in [1.165, 1.54) is 11.8 Å². The van der Waals surface area contributed by atoms with Gasteiger partial charge in [0.15, 0.2) is 0 Å². The van der Waals surface area contributed by atoms with Crippen LogP contribution in [-0.2, 0) is 14.3 Å². The van der Waals surface area contributed by atoms with Crippen LogP contribution in [0.5, 0.6) is 0 Å². The van der Waals surface area contributed by atoms with E-state index in [0.29, 0.717) is 18.6 Å². The minimum atomic E-state index is -1.09. The predicted molar refractivity (Wildman–Crippen MR) is 134 cm³/mol. The van der Waals surface area contributed by atoms with Gasteiger partial charge in [0.25, 0.3) is 0 Å². The van der Waals surface area contributed by atoms with Gasteiger partial charge >= 0.3 is 12.1 Å². The third-order valence-electron chi connectivity index (χ3n) is 6.34. The van der Waals surface area contributed by atoms with E-state index in [2.05, 4.69) is 22.8 Å². The number of ether oxygens (including phenoxy) is 1. The predicted octanol–water partition coefficient (Wildman–Crippen LogP) is 4.26. The van der Waals surface area contributed by atoms with Crippen molar-refractivity contribution in [2.75, 3.05) is 18.6 Å². The minimum absolute atomic E-state index is 0.0861. The van der Waals surface area contributed by atoms with E-state index < -0.39 is 30.1 Å². The second-order valence-electron chi connectivity index (χ2n) is 8.51. The van der Waals surface area contributed by atoms with Crippen molar-refractivity contribution in [3.05, 3.63) is 59.7 Å². The van der Waals surface area contributed by atoms with Crippen LogP contribution in [0.2, 0.25) is 0 Å². The van der Waals surface area contributed by atoms with Crippen molar-refractivity contribution in [3.8, 4) is 11.1 Å². The molecule has 7 nitrogen and oxygen atoms in total. The Kier molecular flexibility index (Phi) is 8.98. The average Bonchev–Trinajstić information content (AvgIpc) is 3.16. The Hall–Kier alpha value is -3.00. The Morgan fingerprint density at radius 3 is 2.15 bits per heavy atom. The minimum Gasteiger partial charge on any atom is -0.480 e. The third kappa shape index (κ3) is 5.91. The topological polar surface area (TPSA) is 105 Å². The number of carbonyl (C=O) groups excluding carboxylic acids is 2. The molecule has 0 aromatic heterocycles. The molecule has 3 N–H and O–H groups in total. The van der Waals surface area contributed by atoms with Crippen molar-refractivity contribution in [2.24, 2.45) is 5.92 Å². The maximum absolute atomic E-state index is 12.9. The molecule has 0 saturated carbocycles. The highest BCUT2D eigenvalue weighted by atomic mass is 32.2. The highest BCUT2D eigenvalue weighted by molar-refractivity contribution is 7.98. The van der Waals surface area contributed by atoms with Gasteiger partial charge in [0.05, 0.1) is 0 Å². The van der Waals surface area contributed by atoms with Crippen LogP contribution >= 0.6 is 11.8 Å². The molecule has 0 heterocycles. The van der Waals surface area contributed by atoms with Crippen molar-refractivity contribution in [2.45, 2.75) is 44.7 Å². The first-order chi connectivity index (χ1) is 16.4. The molecule has 182 valence electrons. The number of rotatable bonds is 11. The quantitative estimate of drug-likeness (QED) is 0.440. The summed E-state index contributed by atoms with van der Waals surface area (Å²) in [7, 11) is 0. The SMILES string of the molecule is CCC(C)[C@H](NC(=O)OCC1c2ccccc2-c2ccccc21)C(=O)N[C@H](CCSC)C(=O)O. The van der Waals surface area contributed by atoms with E-state index in [9.17, 15) is 19.5 Å². The van der Waals surface area contributed by atoms with E-state index >= 15 is 0 Å². The van der Waals surface area contributed by atoms with Crippen molar-refractivity contribution in [3.63, 3.8) is 0 Å². The maximum Gasteiger partial charge on any atom is 0.407 e. The summed E-state index contributed by atoms with van der Waals surface area (Å²) in [5.74, 6) is -1.29. The highest BCUT2D eigenvalue weighted by Crippen LogP contribution is 2.44. The number of hydrogen-bond acceptors (Lipinski definition) is 5. The molecule has 0 spiro atoms. The third-order valence-corrected chi connectivity index (χ3v) is 6.98. The lowest BCUT2D eigenvalue weighted by atomic mass is 9.97. The zero-order chi connectivity index (χ0) is 24.7. The van der Waals surface area contributed by atoms with Gasteiger partial charge in [0.1, 0.15) is 18.7 Å². The van der Waals surface area contributed by atoms with Gasteiger partial charge in [-0.05, 0) is 46.6 Å². The number of amides is 2. The van der Waals surface area contributed by atoms with Crippen LogP contribution in [-0.4, -0.2) is 53.8 Å². The van der Waals surface area contributed by atoms with Gasteiger partial charge in [-0.3, -0.25) is 4.79 Å². The first kappa shape index (κ1) is 25.6. The zero-order valence-corrected chi connectivity index (χ0v) is 20.6. The number of carbonyl (C=O) groups is 3. The molecule has 1 aliphatic carbocycles. The number of thioether (sulfide) groups is 1. The summed E-state index contributed by atoms with van der Waals surface area (Å²) in [5, 5.41) is 14.7. The van der Waals surface area contributed by atoms with Gasteiger partial charge in [-0.2, -0.15) is 11.8 Å². The number of carboxylic acids is 1. The normalized spacial score (nSPS) is 14.9. The van der Waals surface area contributed by atoms with E-state index in [4.69, 9.17) is 4.74 Å². The summed E-state index contributed by atoms with van der Waals surface area (Å²) in [6, 6.07) is 14.2. The monoisotopic (exact) mass is 484 g/mol. The van der Waals surface area contributed by atoms with Gasteiger partial charge in [-0.1, -0.05) is 68.8 Å². The second-order valence-corrected chi connectivity index (χ2v) is 9.50. The summed E-state index contributed by atoms with van der Waals surface area (Å²) in [4.78, 5) is 37.2. The molecule has 2 amide bonds. The summed E-state index contributed by atoms with van der Waals surface area (Å²) < 4.78 is 5.58. The molecule has 1 unspecified atom stereocenters. The smallest absolute Gasteiger partial charge is 0.407 e. The van der Waals surface area contributed by atoms with Crippen LogP contribution < -0.4 is 10.6 Å². The van der Waals surface area contributed by atoms with Crippen molar-refractivity contribution >= 4 is 29.7 Å². The molecule has 0 radical (unpaired) electrons. The second kappa shape index (κ2) is 11.9. The molecule has 2 aromatic rings. The summed E-state index contributed by atoms with van der Waals surface area (Å²) >= 11 is 1.51. The van der Waals surface area contributed by atoms with Gasteiger partial charge in [-0.15, -0.1) is 0 Å². The summed E-state index contributed by atoms with van der Waals surface area (Å²) in [5.41, 5.74) is 4.47. The van der Waals surface area contributed by atoms with Crippen LogP contribution in [0.25, 0.3) is 11.1 Å². The van der Waals surface area contributed by atoms with E-state index in [-0.39, 0.29) is 18.4 Å². The number of nitrogens with one attached hydrogen (secondary N) is 2. The van der Waals surface area contributed by atoms with Gasteiger partial charge in [0.2, 0.25) is 5.91 Å². The Bertz CT molecular complexity index is 982.